The molecule has 27 heavy (non-hydrogen) atoms. The van der Waals surface area contributed by atoms with Crippen LogP contribution in [-0.4, -0.2) is 38.9 Å². The van der Waals surface area contributed by atoms with Gasteiger partial charge in [-0.3, -0.25) is 4.79 Å². The van der Waals surface area contributed by atoms with E-state index in [0.29, 0.717) is 37.9 Å². The second-order valence-corrected chi connectivity index (χ2v) is 5.60. The molecule has 6 nitrogen and oxygen atoms in total. The first-order valence-electron chi connectivity index (χ1n) is 8.89. The van der Waals surface area contributed by atoms with Gasteiger partial charge in [-0.25, -0.2) is 0 Å². The Morgan fingerprint density at radius 3 is 2.59 bits per heavy atom. The van der Waals surface area contributed by atoms with Gasteiger partial charge in [0.2, 0.25) is 5.91 Å². The molecule has 0 aromatic heterocycles. The van der Waals surface area contributed by atoms with Gasteiger partial charge in [-0.15, -0.1) is 0 Å². The van der Waals surface area contributed by atoms with Gasteiger partial charge in [-0.1, -0.05) is 18.7 Å². The summed E-state index contributed by atoms with van der Waals surface area (Å²) in [6.07, 6.45) is 1.69. The van der Waals surface area contributed by atoms with Crippen LogP contribution in [0.4, 0.5) is 11.4 Å². The van der Waals surface area contributed by atoms with Gasteiger partial charge in [-0.05, 0) is 43.3 Å². The molecule has 0 saturated carbocycles. The summed E-state index contributed by atoms with van der Waals surface area (Å²) in [7, 11) is 0. The van der Waals surface area contributed by atoms with Crippen molar-refractivity contribution in [1.29, 1.82) is 0 Å². The van der Waals surface area contributed by atoms with Gasteiger partial charge in [0.05, 0.1) is 13.2 Å². The molecule has 2 aromatic rings. The monoisotopic (exact) mass is 370 g/mol. The van der Waals surface area contributed by atoms with Crippen LogP contribution in [0.3, 0.4) is 0 Å². The Kier molecular flexibility index (Phi) is 8.73. The minimum Gasteiger partial charge on any atom is -0.491 e. The van der Waals surface area contributed by atoms with Crippen LogP contribution in [0.1, 0.15) is 6.92 Å². The number of amides is 1. The van der Waals surface area contributed by atoms with Crippen LogP contribution in [0, 0.1) is 0 Å². The highest BCUT2D eigenvalue weighted by atomic mass is 16.5. The second-order valence-electron chi connectivity index (χ2n) is 5.60. The minimum absolute atomic E-state index is 0.145. The quantitative estimate of drug-likeness (QED) is 0.440. The molecule has 0 bridgehead atoms. The maximum atomic E-state index is 12.1. The number of hydrogen-bond donors (Lipinski definition) is 2. The third-order valence-corrected chi connectivity index (χ3v) is 3.49. The van der Waals surface area contributed by atoms with Crippen LogP contribution in [0.5, 0.6) is 11.5 Å². The Bertz CT molecular complexity index is 716. The van der Waals surface area contributed by atoms with Gasteiger partial charge >= 0.3 is 0 Å². The zero-order valence-electron chi connectivity index (χ0n) is 15.6. The fourth-order valence-corrected chi connectivity index (χ4v) is 2.24. The van der Waals surface area contributed by atoms with Crippen molar-refractivity contribution in [2.45, 2.75) is 6.92 Å². The highest BCUT2D eigenvalue weighted by molar-refractivity contribution is 5.93. The van der Waals surface area contributed by atoms with Crippen LogP contribution >= 0.6 is 0 Å². The summed E-state index contributed by atoms with van der Waals surface area (Å²) < 4.78 is 16.2. The van der Waals surface area contributed by atoms with Crippen molar-refractivity contribution < 1.29 is 19.0 Å². The summed E-state index contributed by atoms with van der Waals surface area (Å²) in [6, 6.07) is 14.7. The minimum atomic E-state index is -0.145. The molecule has 6 heteroatoms. The van der Waals surface area contributed by atoms with Crippen molar-refractivity contribution in [3.8, 4) is 11.5 Å². The Labute approximate surface area is 160 Å². The topological polar surface area (TPSA) is 68.8 Å². The molecule has 144 valence electrons. The van der Waals surface area contributed by atoms with E-state index in [1.807, 2.05) is 49.4 Å². The standard InChI is InChI=1S/C21H26N2O4/c1-3-12-26-19-10-8-17(9-11-19)22-16-21(24)23-18-6-5-7-20(15-18)27-14-13-25-4-2/h3,5-11,15,22H,1,4,12-14,16H2,2H3,(H,23,24). The van der Waals surface area contributed by atoms with Crippen molar-refractivity contribution in [1.82, 2.24) is 0 Å². The molecular weight excluding hydrogens is 344 g/mol. The Morgan fingerprint density at radius 1 is 1.04 bits per heavy atom. The fraction of sp³-hybridized carbons (Fsp3) is 0.286. The van der Waals surface area contributed by atoms with Crippen LogP contribution in [0.25, 0.3) is 0 Å². The molecule has 2 N–H and O–H groups in total. The van der Waals surface area contributed by atoms with Crippen molar-refractivity contribution >= 4 is 17.3 Å². The van der Waals surface area contributed by atoms with Crippen molar-refractivity contribution in [2.75, 3.05) is 43.6 Å². The zero-order chi connectivity index (χ0) is 19.3. The third kappa shape index (κ3) is 7.83. The van der Waals surface area contributed by atoms with Crippen LogP contribution in [0.2, 0.25) is 0 Å². The average molecular weight is 370 g/mol. The van der Waals surface area contributed by atoms with Gasteiger partial charge in [0.25, 0.3) is 0 Å². The number of rotatable bonds is 12. The lowest BCUT2D eigenvalue weighted by Gasteiger charge is -2.11. The SMILES string of the molecule is C=CCOc1ccc(NCC(=O)Nc2cccc(OCCOCC)c2)cc1. The van der Waals surface area contributed by atoms with Gasteiger partial charge in [0.15, 0.2) is 0 Å². The number of benzene rings is 2. The molecule has 0 unspecified atom stereocenters. The maximum Gasteiger partial charge on any atom is 0.243 e. The molecule has 0 radical (unpaired) electrons. The first kappa shape index (κ1) is 20.3. The van der Waals surface area contributed by atoms with E-state index < -0.39 is 0 Å². The molecule has 0 aliphatic heterocycles. The predicted octanol–water partition coefficient (Wildman–Crippen LogP) is 3.72. The van der Waals surface area contributed by atoms with Crippen LogP contribution in [-0.2, 0) is 9.53 Å². The average Bonchev–Trinajstić information content (AvgIpc) is 2.69. The van der Waals surface area contributed by atoms with Gasteiger partial charge in [-0.2, -0.15) is 0 Å². The van der Waals surface area contributed by atoms with E-state index in [0.717, 1.165) is 11.4 Å². The fourth-order valence-electron chi connectivity index (χ4n) is 2.24. The molecule has 2 rings (SSSR count). The Hall–Kier alpha value is -2.99. The Morgan fingerprint density at radius 2 is 1.85 bits per heavy atom. The van der Waals surface area contributed by atoms with Crippen LogP contribution in [0.15, 0.2) is 61.2 Å². The summed E-state index contributed by atoms with van der Waals surface area (Å²) in [5.41, 5.74) is 1.52. The highest BCUT2D eigenvalue weighted by Crippen LogP contribution is 2.18. The molecule has 0 spiro atoms. The highest BCUT2D eigenvalue weighted by Gasteiger charge is 2.04. The maximum absolute atomic E-state index is 12.1. The van der Waals surface area contributed by atoms with E-state index in [1.165, 1.54) is 0 Å². The van der Waals surface area contributed by atoms with Crippen molar-refractivity contribution in [3.05, 3.63) is 61.2 Å². The molecule has 0 atom stereocenters. The summed E-state index contributed by atoms with van der Waals surface area (Å²) in [6.45, 7) is 7.84. The molecule has 1 amide bonds. The summed E-state index contributed by atoms with van der Waals surface area (Å²) >= 11 is 0. The molecular formula is C21H26N2O4. The number of hydrogen-bond acceptors (Lipinski definition) is 5. The van der Waals surface area contributed by atoms with E-state index in [9.17, 15) is 4.79 Å². The molecule has 0 aliphatic rings. The number of carbonyl (C=O) groups is 1. The summed E-state index contributed by atoms with van der Waals surface area (Å²) in [5, 5.41) is 5.92. The van der Waals surface area contributed by atoms with E-state index in [2.05, 4.69) is 17.2 Å². The van der Waals surface area contributed by atoms with Crippen LogP contribution < -0.4 is 20.1 Å². The lowest BCUT2D eigenvalue weighted by Crippen LogP contribution is -2.21. The third-order valence-electron chi connectivity index (χ3n) is 3.49. The second kappa shape index (κ2) is 11.6. The van der Waals surface area contributed by atoms with Gasteiger partial charge in [0, 0.05) is 24.0 Å². The van der Waals surface area contributed by atoms with E-state index >= 15 is 0 Å². The zero-order valence-corrected chi connectivity index (χ0v) is 15.6. The lowest BCUT2D eigenvalue weighted by atomic mass is 10.3. The van der Waals surface area contributed by atoms with E-state index in [1.54, 1.807) is 12.1 Å². The van der Waals surface area contributed by atoms with E-state index in [4.69, 9.17) is 14.2 Å². The Balaban J connectivity index is 1.77. The first-order chi connectivity index (χ1) is 13.2. The summed E-state index contributed by atoms with van der Waals surface area (Å²) in [5.74, 6) is 1.30. The predicted molar refractivity (Wildman–Crippen MR) is 108 cm³/mol. The molecule has 0 fully saturated rings. The number of carbonyl (C=O) groups excluding carboxylic acids is 1. The van der Waals surface area contributed by atoms with Crippen molar-refractivity contribution in [2.24, 2.45) is 0 Å². The molecule has 0 heterocycles. The molecule has 2 aromatic carbocycles. The van der Waals surface area contributed by atoms with Crippen molar-refractivity contribution in [3.63, 3.8) is 0 Å². The smallest absolute Gasteiger partial charge is 0.243 e. The van der Waals surface area contributed by atoms with Gasteiger partial charge < -0.3 is 24.8 Å². The number of ether oxygens (including phenoxy) is 3. The first-order valence-corrected chi connectivity index (χ1v) is 8.89. The van der Waals surface area contributed by atoms with E-state index in [-0.39, 0.29) is 12.5 Å². The summed E-state index contributed by atoms with van der Waals surface area (Å²) in [4.78, 5) is 12.1. The normalized spacial score (nSPS) is 10.1. The lowest BCUT2D eigenvalue weighted by molar-refractivity contribution is -0.114. The largest absolute Gasteiger partial charge is 0.491 e. The molecule has 0 aliphatic carbocycles. The number of anilines is 2. The number of nitrogens with one attached hydrogen (secondary N) is 2. The molecule has 0 saturated heterocycles. The van der Waals surface area contributed by atoms with Gasteiger partial charge in [0.1, 0.15) is 24.7 Å².